The largest absolute Gasteiger partial charge is 0.274 e. The maximum Gasteiger partial charge on any atom is 0.261 e. The van der Waals surface area contributed by atoms with Crippen LogP contribution in [0.4, 0.5) is 0 Å². The van der Waals surface area contributed by atoms with Gasteiger partial charge in [-0.2, -0.15) is 0 Å². The second-order valence-corrected chi connectivity index (χ2v) is 8.53. The van der Waals surface area contributed by atoms with E-state index in [9.17, 15) is 18.0 Å². The van der Waals surface area contributed by atoms with Gasteiger partial charge < -0.3 is 0 Å². The fourth-order valence-electron chi connectivity index (χ4n) is 3.11. The number of fused-ring (bicyclic) bond motifs is 1. The zero-order chi connectivity index (χ0) is 19.4. The van der Waals surface area contributed by atoms with Gasteiger partial charge in [-0.3, -0.25) is 14.5 Å². The third-order valence-corrected chi connectivity index (χ3v) is 6.51. The second kappa shape index (κ2) is 7.88. The number of hydrogen-bond donors (Lipinski definition) is 0. The molecule has 0 aliphatic carbocycles. The van der Waals surface area contributed by atoms with Gasteiger partial charge in [0.05, 0.1) is 16.0 Å². The Balaban J connectivity index is 1.47. The van der Waals surface area contributed by atoms with Crippen molar-refractivity contribution >= 4 is 21.7 Å². The van der Waals surface area contributed by atoms with Crippen LogP contribution in [0, 0.1) is 0 Å². The number of carbonyl (C=O) groups excluding carboxylic acids is 2. The Kier molecular flexibility index (Phi) is 5.56. The first-order chi connectivity index (χ1) is 12.9. The number of imide groups is 1. The summed E-state index contributed by atoms with van der Waals surface area (Å²) in [6.45, 7) is 4.06. The van der Waals surface area contributed by atoms with Crippen molar-refractivity contribution in [3.05, 3.63) is 77.2 Å². The first kappa shape index (κ1) is 19.0. The van der Waals surface area contributed by atoms with Gasteiger partial charge in [0.25, 0.3) is 11.8 Å². The third kappa shape index (κ3) is 3.85. The maximum absolute atomic E-state index is 12.4. The van der Waals surface area contributed by atoms with Gasteiger partial charge in [0.1, 0.15) is 0 Å². The van der Waals surface area contributed by atoms with E-state index < -0.39 is 9.84 Å². The van der Waals surface area contributed by atoms with Gasteiger partial charge in [0, 0.05) is 11.4 Å². The van der Waals surface area contributed by atoms with Crippen LogP contribution in [0.15, 0.2) is 71.0 Å². The fourth-order valence-corrected chi connectivity index (χ4v) is 4.37. The van der Waals surface area contributed by atoms with Crippen molar-refractivity contribution in [2.45, 2.75) is 30.6 Å². The summed E-state index contributed by atoms with van der Waals surface area (Å²) in [5, 5.41) is 0. The molecule has 0 saturated heterocycles. The van der Waals surface area contributed by atoms with Gasteiger partial charge in [-0.15, -0.1) is 0 Å². The highest BCUT2D eigenvalue weighted by Gasteiger charge is 2.34. The molecule has 27 heavy (non-hydrogen) atoms. The van der Waals surface area contributed by atoms with Gasteiger partial charge in [0.2, 0.25) is 9.84 Å². The van der Waals surface area contributed by atoms with Gasteiger partial charge in [-0.25, -0.2) is 8.42 Å². The van der Waals surface area contributed by atoms with E-state index in [2.05, 4.69) is 6.58 Å². The van der Waals surface area contributed by atoms with Crippen LogP contribution in [0.25, 0.3) is 0 Å². The van der Waals surface area contributed by atoms with Crippen LogP contribution in [0.1, 0.15) is 46.4 Å². The first-order valence-electron chi connectivity index (χ1n) is 8.86. The van der Waals surface area contributed by atoms with Crippen molar-refractivity contribution in [3.63, 3.8) is 0 Å². The molecule has 0 N–H and O–H groups in total. The van der Waals surface area contributed by atoms with Crippen LogP contribution < -0.4 is 0 Å². The summed E-state index contributed by atoms with van der Waals surface area (Å²) in [6, 6.07) is 15.1. The van der Waals surface area contributed by atoms with Crippen molar-refractivity contribution in [2.24, 2.45) is 0 Å². The van der Waals surface area contributed by atoms with Crippen LogP contribution in [0.2, 0.25) is 0 Å². The normalized spacial score (nSPS) is 13.7. The minimum absolute atomic E-state index is 0.189. The van der Waals surface area contributed by atoms with Crippen molar-refractivity contribution in [3.8, 4) is 0 Å². The minimum Gasteiger partial charge on any atom is -0.274 e. The van der Waals surface area contributed by atoms with Crippen LogP contribution in [0.5, 0.6) is 0 Å². The molecular formula is C21H21NO4S. The molecule has 3 rings (SSSR count). The van der Waals surface area contributed by atoms with Gasteiger partial charge in [-0.1, -0.05) is 43.3 Å². The summed E-state index contributed by atoms with van der Waals surface area (Å²) < 4.78 is 24.8. The standard InChI is InChI=1S/C21H21NO4S/c1-16(27(25,26)17-11-5-2-6-12-17)10-4-3-9-15-22-20(23)18-13-7-8-14-19(18)21(22)24/h2,5-8,11-14H,1,3-4,9-10,15H2. The van der Waals surface area contributed by atoms with Gasteiger partial charge in [0.15, 0.2) is 0 Å². The summed E-state index contributed by atoms with van der Waals surface area (Å²) in [5.74, 6) is -0.515. The number of benzene rings is 2. The molecule has 2 aromatic carbocycles. The SMILES string of the molecule is C=C(CCCCCN1C(=O)c2ccccc2C1=O)S(=O)(=O)c1ccccc1. The van der Waals surface area contributed by atoms with E-state index >= 15 is 0 Å². The number of unbranched alkanes of at least 4 members (excludes halogenated alkanes) is 2. The van der Waals surface area contributed by atoms with E-state index in [-0.39, 0.29) is 21.6 Å². The Bertz CT molecular complexity index is 945. The summed E-state index contributed by atoms with van der Waals surface area (Å²) in [5.41, 5.74) is 0.898. The molecule has 5 nitrogen and oxygen atoms in total. The molecule has 1 heterocycles. The number of allylic oxidation sites excluding steroid dienone is 1. The van der Waals surface area contributed by atoms with Crippen LogP contribution >= 0.6 is 0 Å². The van der Waals surface area contributed by atoms with E-state index in [4.69, 9.17) is 0 Å². The lowest BCUT2D eigenvalue weighted by Gasteiger charge is -2.13. The molecule has 6 heteroatoms. The average molecular weight is 383 g/mol. The lowest BCUT2D eigenvalue weighted by Crippen LogP contribution is -2.30. The minimum atomic E-state index is -3.51. The Labute approximate surface area is 159 Å². The smallest absolute Gasteiger partial charge is 0.261 e. The lowest BCUT2D eigenvalue weighted by atomic mass is 10.1. The number of rotatable bonds is 8. The van der Waals surface area contributed by atoms with Crippen LogP contribution in [0.3, 0.4) is 0 Å². The predicted octanol–water partition coefficient (Wildman–Crippen LogP) is 3.83. The van der Waals surface area contributed by atoms with Crippen molar-refractivity contribution in [2.75, 3.05) is 6.54 Å². The summed E-state index contributed by atoms with van der Waals surface area (Å²) in [7, 11) is -3.51. The van der Waals surface area contributed by atoms with E-state index in [1.54, 1.807) is 54.6 Å². The van der Waals surface area contributed by atoms with Crippen molar-refractivity contribution in [1.82, 2.24) is 4.90 Å². The molecule has 1 aliphatic rings. The van der Waals surface area contributed by atoms with Crippen molar-refractivity contribution < 1.29 is 18.0 Å². The maximum atomic E-state index is 12.4. The molecule has 0 bridgehead atoms. The van der Waals surface area contributed by atoms with E-state index in [1.165, 1.54) is 4.90 Å². The quantitative estimate of drug-likeness (QED) is 0.513. The number of amides is 2. The molecule has 0 radical (unpaired) electrons. The third-order valence-electron chi connectivity index (χ3n) is 4.65. The molecule has 140 valence electrons. The number of hydrogen-bond acceptors (Lipinski definition) is 4. The molecular weight excluding hydrogens is 362 g/mol. The zero-order valence-corrected chi connectivity index (χ0v) is 15.7. The Hall–Kier alpha value is -2.73. The molecule has 0 spiro atoms. The zero-order valence-electron chi connectivity index (χ0n) is 14.9. The Morgan fingerprint density at radius 2 is 1.37 bits per heavy atom. The van der Waals surface area contributed by atoms with Gasteiger partial charge in [-0.05, 0) is 43.5 Å². The number of carbonyl (C=O) groups is 2. The molecule has 0 atom stereocenters. The Morgan fingerprint density at radius 1 is 0.815 bits per heavy atom. The predicted molar refractivity (Wildman–Crippen MR) is 103 cm³/mol. The first-order valence-corrected chi connectivity index (χ1v) is 10.3. The summed E-state index contributed by atoms with van der Waals surface area (Å²) in [4.78, 5) is 26.3. The van der Waals surface area contributed by atoms with Crippen LogP contribution in [-0.4, -0.2) is 31.7 Å². The summed E-state index contributed by atoms with van der Waals surface area (Å²) >= 11 is 0. The molecule has 0 unspecified atom stereocenters. The molecule has 0 fully saturated rings. The molecule has 2 aromatic rings. The highest BCUT2D eigenvalue weighted by atomic mass is 32.2. The van der Waals surface area contributed by atoms with E-state index in [0.717, 1.165) is 0 Å². The highest BCUT2D eigenvalue weighted by Crippen LogP contribution is 2.24. The second-order valence-electron chi connectivity index (χ2n) is 6.47. The number of nitrogens with zero attached hydrogens (tertiary/aromatic N) is 1. The molecule has 1 aliphatic heterocycles. The molecule has 0 aromatic heterocycles. The number of sulfone groups is 1. The average Bonchev–Trinajstić information content (AvgIpc) is 2.93. The monoisotopic (exact) mass is 383 g/mol. The highest BCUT2D eigenvalue weighted by molar-refractivity contribution is 7.95. The Morgan fingerprint density at radius 3 is 1.96 bits per heavy atom. The topological polar surface area (TPSA) is 71.5 Å². The van der Waals surface area contributed by atoms with E-state index in [0.29, 0.717) is 43.4 Å². The molecule has 0 saturated carbocycles. The molecule has 2 amide bonds. The summed E-state index contributed by atoms with van der Waals surface area (Å²) in [6.07, 6.45) is 2.33. The lowest BCUT2D eigenvalue weighted by molar-refractivity contribution is 0.0651. The van der Waals surface area contributed by atoms with Gasteiger partial charge >= 0.3 is 0 Å². The van der Waals surface area contributed by atoms with E-state index in [1.807, 2.05) is 0 Å². The van der Waals surface area contributed by atoms with Crippen LogP contribution in [-0.2, 0) is 9.84 Å². The van der Waals surface area contributed by atoms with Crippen molar-refractivity contribution in [1.29, 1.82) is 0 Å². The fraction of sp³-hybridized carbons (Fsp3) is 0.238.